The lowest BCUT2D eigenvalue weighted by atomic mass is 9.92. The lowest BCUT2D eigenvalue weighted by molar-refractivity contribution is -0.137. The summed E-state index contributed by atoms with van der Waals surface area (Å²) < 4.78 is 43.6. The highest BCUT2D eigenvalue weighted by molar-refractivity contribution is 5.70. The summed E-state index contributed by atoms with van der Waals surface area (Å²) in [6.45, 7) is 1.14. The molecular weight excluding hydrogens is 457 g/mol. The summed E-state index contributed by atoms with van der Waals surface area (Å²) in [4.78, 5) is 18.7. The molecule has 1 aliphatic heterocycles. The lowest BCUT2D eigenvalue weighted by Gasteiger charge is -2.31. The Morgan fingerprint density at radius 2 is 1.54 bits per heavy atom. The van der Waals surface area contributed by atoms with Crippen molar-refractivity contribution in [2.24, 2.45) is 5.92 Å². The van der Waals surface area contributed by atoms with Crippen molar-refractivity contribution >= 4 is 6.09 Å². The van der Waals surface area contributed by atoms with Gasteiger partial charge in [-0.25, -0.2) is 4.79 Å². The van der Waals surface area contributed by atoms with Crippen molar-refractivity contribution in [3.8, 4) is 5.75 Å². The van der Waals surface area contributed by atoms with E-state index in [1.54, 1.807) is 35.2 Å². The number of piperidine rings is 1. The van der Waals surface area contributed by atoms with Gasteiger partial charge in [-0.15, -0.1) is 0 Å². The van der Waals surface area contributed by atoms with Gasteiger partial charge < -0.3 is 14.7 Å². The Morgan fingerprint density at radius 3 is 2.14 bits per heavy atom. The van der Waals surface area contributed by atoms with Gasteiger partial charge in [-0.1, -0.05) is 30.3 Å². The minimum atomic E-state index is -4.34. The van der Waals surface area contributed by atoms with E-state index in [0.29, 0.717) is 36.9 Å². The van der Waals surface area contributed by atoms with Crippen molar-refractivity contribution in [3.63, 3.8) is 0 Å². The number of pyridine rings is 1. The highest BCUT2D eigenvalue weighted by Gasteiger charge is 2.30. The Balaban J connectivity index is 1.25. The number of hydrogen-bond donors (Lipinski definition) is 1. The van der Waals surface area contributed by atoms with Crippen molar-refractivity contribution in [2.45, 2.75) is 38.5 Å². The molecule has 35 heavy (non-hydrogen) atoms. The Labute approximate surface area is 202 Å². The van der Waals surface area contributed by atoms with Crippen LogP contribution in [-0.4, -0.2) is 34.2 Å². The first-order chi connectivity index (χ1) is 16.8. The lowest BCUT2D eigenvalue weighted by Crippen LogP contribution is -2.40. The molecule has 3 aromatic rings. The Bertz CT molecular complexity index is 1120. The van der Waals surface area contributed by atoms with E-state index in [-0.39, 0.29) is 12.7 Å². The van der Waals surface area contributed by atoms with Crippen LogP contribution >= 0.6 is 0 Å². The predicted molar refractivity (Wildman–Crippen MR) is 125 cm³/mol. The first-order valence-electron chi connectivity index (χ1n) is 11.6. The minimum absolute atomic E-state index is 0.0752. The molecule has 0 radical (unpaired) electrons. The van der Waals surface area contributed by atoms with E-state index in [9.17, 15) is 23.1 Å². The number of halogens is 3. The number of aliphatic hydroxyl groups excluding tert-OH is 1. The van der Waals surface area contributed by atoms with Gasteiger partial charge in [-0.2, -0.15) is 13.2 Å². The molecule has 0 aliphatic carbocycles. The van der Waals surface area contributed by atoms with Crippen LogP contribution < -0.4 is 4.74 Å². The summed E-state index contributed by atoms with van der Waals surface area (Å²) in [6, 6.07) is 17.8. The average molecular weight is 485 g/mol. The molecule has 0 unspecified atom stereocenters. The molecule has 1 amide bonds. The number of ether oxygens (including phenoxy) is 1. The standard InChI is InChI=1S/C27H27F3N2O3/c28-27(29,30)22-8-4-19(5-9-22)16-20-6-10-25(11-7-20)35-26(34)32-14-12-21(13-15-32)17-23-2-1-3-24(18-33)31-23/h1-11,21,33H,12-18H2. The summed E-state index contributed by atoms with van der Waals surface area (Å²) in [6.07, 6.45) is -1.73. The molecule has 0 atom stereocenters. The average Bonchev–Trinajstić information content (AvgIpc) is 2.85. The van der Waals surface area contributed by atoms with Crippen LogP contribution in [0, 0.1) is 5.92 Å². The van der Waals surface area contributed by atoms with Gasteiger partial charge in [0, 0.05) is 18.8 Å². The van der Waals surface area contributed by atoms with Gasteiger partial charge in [-0.05, 0) is 79.1 Å². The van der Waals surface area contributed by atoms with Gasteiger partial charge in [0.15, 0.2) is 0 Å². The quantitative estimate of drug-likeness (QED) is 0.492. The molecule has 0 spiro atoms. The molecule has 5 nitrogen and oxygen atoms in total. The molecule has 8 heteroatoms. The zero-order valence-electron chi connectivity index (χ0n) is 19.2. The molecular formula is C27H27F3N2O3. The number of carbonyl (C=O) groups is 1. The molecule has 1 saturated heterocycles. The number of aliphatic hydroxyl groups is 1. The number of carbonyl (C=O) groups excluding carboxylic acids is 1. The Kier molecular flexibility index (Phi) is 7.70. The predicted octanol–water partition coefficient (Wildman–Crippen LogP) is 5.64. The zero-order valence-corrected chi connectivity index (χ0v) is 19.2. The maximum Gasteiger partial charge on any atom is 0.416 e. The first-order valence-corrected chi connectivity index (χ1v) is 11.6. The van der Waals surface area contributed by atoms with E-state index >= 15 is 0 Å². The molecule has 4 rings (SSSR count). The van der Waals surface area contributed by atoms with E-state index in [1.807, 2.05) is 12.1 Å². The third kappa shape index (κ3) is 6.82. The SMILES string of the molecule is O=C(Oc1ccc(Cc2ccc(C(F)(F)F)cc2)cc1)N1CCC(Cc2cccc(CO)n2)CC1. The van der Waals surface area contributed by atoms with E-state index in [2.05, 4.69) is 4.98 Å². The topological polar surface area (TPSA) is 62.7 Å². The largest absolute Gasteiger partial charge is 0.416 e. The summed E-state index contributed by atoms with van der Waals surface area (Å²) in [7, 11) is 0. The smallest absolute Gasteiger partial charge is 0.410 e. The van der Waals surface area contributed by atoms with Crippen molar-refractivity contribution in [1.29, 1.82) is 0 Å². The van der Waals surface area contributed by atoms with Crippen LogP contribution in [0.4, 0.5) is 18.0 Å². The van der Waals surface area contributed by atoms with Crippen LogP contribution in [0.25, 0.3) is 0 Å². The zero-order chi connectivity index (χ0) is 24.8. The fourth-order valence-corrected chi connectivity index (χ4v) is 4.23. The highest BCUT2D eigenvalue weighted by atomic mass is 19.4. The van der Waals surface area contributed by atoms with Crippen LogP contribution in [0.2, 0.25) is 0 Å². The van der Waals surface area contributed by atoms with Gasteiger partial charge in [0.2, 0.25) is 0 Å². The van der Waals surface area contributed by atoms with E-state index in [1.165, 1.54) is 12.1 Å². The van der Waals surface area contributed by atoms with Crippen molar-refractivity contribution in [2.75, 3.05) is 13.1 Å². The van der Waals surface area contributed by atoms with Gasteiger partial charge in [0.05, 0.1) is 17.9 Å². The second-order valence-electron chi connectivity index (χ2n) is 8.80. The van der Waals surface area contributed by atoms with E-state index < -0.39 is 11.7 Å². The number of benzene rings is 2. The number of hydrogen-bond acceptors (Lipinski definition) is 4. The molecule has 1 N–H and O–H groups in total. The fraction of sp³-hybridized carbons (Fsp3) is 0.333. The minimum Gasteiger partial charge on any atom is -0.410 e. The molecule has 1 aliphatic rings. The van der Waals surface area contributed by atoms with Gasteiger partial charge >= 0.3 is 12.3 Å². The number of likely N-dealkylation sites (tertiary alicyclic amines) is 1. The second kappa shape index (κ2) is 10.9. The number of nitrogens with zero attached hydrogens (tertiary/aromatic N) is 2. The third-order valence-electron chi connectivity index (χ3n) is 6.22. The number of aromatic nitrogens is 1. The fourth-order valence-electron chi connectivity index (χ4n) is 4.23. The molecule has 184 valence electrons. The van der Waals surface area contributed by atoms with Crippen LogP contribution in [-0.2, 0) is 25.6 Å². The van der Waals surface area contributed by atoms with Crippen molar-refractivity contribution in [3.05, 3.63) is 94.8 Å². The van der Waals surface area contributed by atoms with Gasteiger partial charge in [0.25, 0.3) is 0 Å². The summed E-state index contributed by atoms with van der Waals surface area (Å²) in [5, 5.41) is 9.24. The summed E-state index contributed by atoms with van der Waals surface area (Å²) in [5.74, 6) is 0.850. The van der Waals surface area contributed by atoms with E-state index in [4.69, 9.17) is 4.74 Å². The van der Waals surface area contributed by atoms with Gasteiger partial charge in [0.1, 0.15) is 5.75 Å². The summed E-state index contributed by atoms with van der Waals surface area (Å²) in [5.41, 5.74) is 2.62. The highest BCUT2D eigenvalue weighted by Crippen LogP contribution is 2.29. The molecule has 1 fully saturated rings. The molecule has 1 aromatic heterocycles. The van der Waals surface area contributed by atoms with Crippen LogP contribution in [0.1, 0.15) is 40.9 Å². The molecule has 0 saturated carbocycles. The third-order valence-corrected chi connectivity index (χ3v) is 6.22. The van der Waals surface area contributed by atoms with Crippen molar-refractivity contribution in [1.82, 2.24) is 9.88 Å². The van der Waals surface area contributed by atoms with Gasteiger partial charge in [-0.3, -0.25) is 4.98 Å². The first kappa shape index (κ1) is 24.7. The van der Waals surface area contributed by atoms with Crippen LogP contribution in [0.15, 0.2) is 66.7 Å². The monoisotopic (exact) mass is 484 g/mol. The van der Waals surface area contributed by atoms with Crippen molar-refractivity contribution < 1.29 is 27.8 Å². The number of rotatable bonds is 6. The van der Waals surface area contributed by atoms with Crippen LogP contribution in [0.3, 0.4) is 0 Å². The maximum absolute atomic E-state index is 12.7. The number of alkyl halides is 3. The summed E-state index contributed by atoms with van der Waals surface area (Å²) >= 11 is 0. The molecule has 0 bridgehead atoms. The Morgan fingerprint density at radius 1 is 0.943 bits per heavy atom. The molecule has 2 aromatic carbocycles. The van der Waals surface area contributed by atoms with E-state index in [0.717, 1.165) is 48.2 Å². The second-order valence-corrected chi connectivity index (χ2v) is 8.80. The maximum atomic E-state index is 12.7. The normalized spacial score (nSPS) is 14.7. The number of amides is 1. The molecule has 2 heterocycles. The van der Waals surface area contributed by atoms with Crippen LogP contribution in [0.5, 0.6) is 5.75 Å². The Hall–Kier alpha value is -3.39.